The molecule has 1 aromatic heterocycles. The van der Waals surface area contributed by atoms with Gasteiger partial charge in [0.05, 0.1) is 0 Å². The van der Waals surface area contributed by atoms with Gasteiger partial charge in [0.15, 0.2) is 0 Å². The smallest absolute Gasteiger partial charge is 0.244 e. The van der Waals surface area contributed by atoms with Crippen LogP contribution in [0.5, 0.6) is 0 Å². The van der Waals surface area contributed by atoms with Gasteiger partial charge >= 0.3 is 0 Å². The number of aromatic nitrogens is 1. The summed E-state index contributed by atoms with van der Waals surface area (Å²) in [6, 6.07) is 3.95. The monoisotopic (exact) mass is 338 g/mol. The summed E-state index contributed by atoms with van der Waals surface area (Å²) in [5.41, 5.74) is 0. The third-order valence-electron chi connectivity index (χ3n) is 4.75. The zero-order chi connectivity index (χ0) is 16.4. The van der Waals surface area contributed by atoms with Crippen LogP contribution >= 0.6 is 0 Å². The van der Waals surface area contributed by atoms with Crippen molar-refractivity contribution in [3.05, 3.63) is 18.3 Å². The molecule has 23 heavy (non-hydrogen) atoms. The van der Waals surface area contributed by atoms with Crippen molar-refractivity contribution in [3.63, 3.8) is 0 Å². The van der Waals surface area contributed by atoms with E-state index in [4.69, 9.17) is 0 Å². The van der Waals surface area contributed by atoms with Crippen LogP contribution in [0.1, 0.15) is 26.2 Å². The van der Waals surface area contributed by atoms with Gasteiger partial charge in [-0.3, -0.25) is 0 Å². The van der Waals surface area contributed by atoms with E-state index in [2.05, 4.69) is 22.1 Å². The lowest BCUT2D eigenvalue weighted by molar-refractivity contribution is 0.222. The summed E-state index contributed by atoms with van der Waals surface area (Å²) in [5, 5.41) is 3.39. The molecule has 1 N–H and O–H groups in total. The molecule has 1 aliphatic carbocycles. The molecule has 1 saturated carbocycles. The Morgan fingerprint density at radius 3 is 2.61 bits per heavy atom. The van der Waals surface area contributed by atoms with Gasteiger partial charge in [-0.25, -0.2) is 13.4 Å². The quantitative estimate of drug-likeness (QED) is 0.854. The molecule has 6 nitrogen and oxygen atoms in total. The molecule has 2 fully saturated rings. The van der Waals surface area contributed by atoms with E-state index in [1.807, 2.05) is 7.05 Å². The fraction of sp³-hybridized carbons (Fsp3) is 0.688. The highest BCUT2D eigenvalue weighted by atomic mass is 32.2. The first-order valence-corrected chi connectivity index (χ1v) is 9.86. The lowest BCUT2D eigenvalue weighted by Gasteiger charge is -2.31. The van der Waals surface area contributed by atoms with Gasteiger partial charge in [0.25, 0.3) is 0 Å². The second kappa shape index (κ2) is 6.75. The van der Waals surface area contributed by atoms with Crippen LogP contribution in [0, 0.1) is 5.92 Å². The topological polar surface area (TPSA) is 65.5 Å². The van der Waals surface area contributed by atoms with Gasteiger partial charge in [0, 0.05) is 38.4 Å². The van der Waals surface area contributed by atoms with Crippen molar-refractivity contribution in [3.8, 4) is 0 Å². The van der Waals surface area contributed by atoms with Crippen molar-refractivity contribution in [2.75, 3.05) is 38.5 Å². The first-order chi connectivity index (χ1) is 11.0. The van der Waals surface area contributed by atoms with Crippen LogP contribution in [0.4, 0.5) is 5.82 Å². The van der Waals surface area contributed by atoms with E-state index in [9.17, 15) is 8.42 Å². The van der Waals surface area contributed by atoms with Crippen LogP contribution < -0.4 is 5.32 Å². The van der Waals surface area contributed by atoms with Gasteiger partial charge in [-0.2, -0.15) is 4.31 Å². The molecule has 2 atom stereocenters. The number of pyridine rings is 1. The molecular formula is C16H26N4O2S. The molecule has 2 heterocycles. The third kappa shape index (κ3) is 3.84. The summed E-state index contributed by atoms with van der Waals surface area (Å²) in [5.74, 6) is 1.52. The zero-order valence-corrected chi connectivity index (χ0v) is 14.7. The Labute approximate surface area is 138 Å². The summed E-state index contributed by atoms with van der Waals surface area (Å²) >= 11 is 0. The van der Waals surface area contributed by atoms with Crippen LogP contribution in [0.15, 0.2) is 23.2 Å². The summed E-state index contributed by atoms with van der Waals surface area (Å²) in [6.07, 6.45) is 5.12. The van der Waals surface area contributed by atoms with Gasteiger partial charge in [0.1, 0.15) is 10.7 Å². The van der Waals surface area contributed by atoms with Gasteiger partial charge < -0.3 is 10.2 Å². The molecule has 0 amide bonds. The van der Waals surface area contributed by atoms with E-state index in [0.717, 1.165) is 24.8 Å². The first kappa shape index (κ1) is 16.7. The second-order valence-corrected chi connectivity index (χ2v) is 8.56. The number of likely N-dealkylation sites (N-methyl/N-ethyl adjacent to an activating group) is 1. The highest BCUT2D eigenvalue weighted by Crippen LogP contribution is 2.36. The van der Waals surface area contributed by atoms with Crippen LogP contribution in [-0.4, -0.2) is 61.9 Å². The van der Waals surface area contributed by atoms with Gasteiger partial charge in [0.2, 0.25) is 10.0 Å². The van der Waals surface area contributed by atoms with Crippen molar-refractivity contribution in [2.24, 2.45) is 5.92 Å². The van der Waals surface area contributed by atoms with Gasteiger partial charge in [-0.1, -0.05) is 13.3 Å². The van der Waals surface area contributed by atoms with Crippen LogP contribution in [-0.2, 0) is 10.0 Å². The molecule has 0 aromatic carbocycles. The molecule has 1 aliphatic heterocycles. The summed E-state index contributed by atoms with van der Waals surface area (Å²) in [4.78, 5) is 6.73. The van der Waals surface area contributed by atoms with Crippen molar-refractivity contribution < 1.29 is 8.42 Å². The van der Waals surface area contributed by atoms with E-state index in [0.29, 0.717) is 19.1 Å². The number of sulfonamides is 1. The molecule has 7 heteroatoms. The van der Waals surface area contributed by atoms with Gasteiger partial charge in [-0.05, 0) is 37.9 Å². The van der Waals surface area contributed by atoms with Crippen molar-refractivity contribution in [2.45, 2.75) is 37.1 Å². The first-order valence-electron chi connectivity index (χ1n) is 8.42. The molecule has 3 rings (SSSR count). The Hall–Kier alpha value is -1.18. The molecular weight excluding hydrogens is 312 g/mol. The van der Waals surface area contributed by atoms with Crippen molar-refractivity contribution >= 4 is 15.8 Å². The molecule has 2 aliphatic rings. The number of nitrogens with one attached hydrogen (secondary N) is 1. The Morgan fingerprint density at radius 2 is 2.00 bits per heavy atom. The van der Waals surface area contributed by atoms with Crippen LogP contribution in [0.2, 0.25) is 0 Å². The summed E-state index contributed by atoms with van der Waals surface area (Å²) < 4.78 is 26.8. The van der Waals surface area contributed by atoms with Gasteiger partial charge in [-0.15, -0.1) is 0 Å². The van der Waals surface area contributed by atoms with E-state index >= 15 is 0 Å². The van der Waals surface area contributed by atoms with E-state index in [1.54, 1.807) is 16.4 Å². The maximum atomic E-state index is 12.6. The molecule has 2 unspecified atom stereocenters. The predicted octanol–water partition coefficient (Wildman–Crippen LogP) is 1.62. The Morgan fingerprint density at radius 1 is 1.26 bits per heavy atom. The lowest BCUT2D eigenvalue weighted by Crippen LogP contribution is -2.47. The highest BCUT2D eigenvalue weighted by Gasteiger charge is 2.36. The normalized spacial score (nSPS) is 26.2. The second-order valence-electron chi connectivity index (χ2n) is 6.62. The minimum atomic E-state index is -3.42. The molecule has 1 saturated heterocycles. The molecule has 0 spiro atoms. The number of hydrogen-bond acceptors (Lipinski definition) is 5. The number of hydrogen-bond donors (Lipinski definition) is 1. The molecule has 0 radical (unpaired) electrons. The molecule has 0 bridgehead atoms. The average molecular weight is 338 g/mol. The standard InChI is InChI=1S/C16H26N4O2S/c1-3-4-13-11-15(13)18-16-6-5-14(12-17-16)23(21,22)20-9-7-19(2)8-10-20/h5-6,12-13,15H,3-4,7-11H2,1-2H3,(H,17,18). The predicted molar refractivity (Wildman–Crippen MR) is 90.9 cm³/mol. The van der Waals surface area contributed by atoms with E-state index in [-0.39, 0.29) is 4.90 Å². The maximum Gasteiger partial charge on any atom is 0.244 e. The SMILES string of the molecule is CCCC1CC1Nc1ccc(S(=O)(=O)N2CCN(C)CC2)cn1. The molecule has 128 valence electrons. The Balaban J connectivity index is 1.62. The zero-order valence-electron chi connectivity index (χ0n) is 13.9. The molecule has 1 aromatic rings. The van der Waals surface area contributed by atoms with E-state index in [1.165, 1.54) is 25.5 Å². The number of anilines is 1. The Bertz CT molecular complexity index is 624. The Kier molecular flexibility index (Phi) is 4.89. The highest BCUT2D eigenvalue weighted by molar-refractivity contribution is 7.89. The fourth-order valence-corrected chi connectivity index (χ4v) is 4.47. The van der Waals surface area contributed by atoms with Crippen molar-refractivity contribution in [1.29, 1.82) is 0 Å². The largest absolute Gasteiger partial charge is 0.367 e. The minimum Gasteiger partial charge on any atom is -0.367 e. The maximum absolute atomic E-state index is 12.6. The third-order valence-corrected chi connectivity index (χ3v) is 6.63. The van der Waals surface area contributed by atoms with E-state index < -0.39 is 10.0 Å². The van der Waals surface area contributed by atoms with Crippen LogP contribution in [0.3, 0.4) is 0 Å². The summed E-state index contributed by atoms with van der Waals surface area (Å²) in [7, 11) is -1.41. The fourth-order valence-electron chi connectivity index (χ4n) is 3.10. The van der Waals surface area contributed by atoms with Crippen molar-refractivity contribution in [1.82, 2.24) is 14.2 Å². The van der Waals surface area contributed by atoms with Crippen LogP contribution in [0.25, 0.3) is 0 Å². The number of piperazine rings is 1. The average Bonchev–Trinajstić information content (AvgIpc) is 3.26. The number of nitrogens with zero attached hydrogens (tertiary/aromatic N) is 3. The lowest BCUT2D eigenvalue weighted by atomic mass is 10.2. The number of rotatable bonds is 6. The minimum absolute atomic E-state index is 0.286. The summed E-state index contributed by atoms with van der Waals surface area (Å²) in [6.45, 7) is 4.82.